The van der Waals surface area contributed by atoms with Crippen LogP contribution in [-0.2, 0) is 21.0 Å². The average Bonchev–Trinajstić information content (AvgIpc) is 0.722. The molecule has 0 aliphatic carbocycles. The minimum atomic E-state index is -5.12. The Morgan fingerprint density at radius 3 is 1.29 bits per heavy atom. The second kappa shape index (κ2) is 6.78. The summed E-state index contributed by atoms with van der Waals surface area (Å²) < 4.78 is 31.8. The van der Waals surface area contributed by atoms with Crippen LogP contribution in [0.1, 0.15) is 2.85 Å². The van der Waals surface area contributed by atoms with Gasteiger partial charge in [0.1, 0.15) is 0 Å². The zero-order valence-electron chi connectivity index (χ0n) is 5.37. The van der Waals surface area contributed by atoms with Gasteiger partial charge in [-0.05, 0) is 0 Å². The van der Waals surface area contributed by atoms with Crippen molar-refractivity contribution >= 4 is 37.7 Å². The summed E-state index contributed by atoms with van der Waals surface area (Å²) >= 11 is -5.12. The monoisotopic (exact) mass is 304 g/mol. The molecule has 7 heteroatoms. The molecule has 0 saturated heterocycles. The molecule has 1 radical (unpaired) electrons. The van der Waals surface area contributed by atoms with Crippen molar-refractivity contribution in [2.45, 2.75) is 0 Å². The topological polar surface area (TPSA) is 74.6 Å². The Kier molecular flexibility index (Phi) is 15.8. The summed E-state index contributed by atoms with van der Waals surface area (Å²) in [6.07, 6.45) is 0. The van der Waals surface area contributed by atoms with Gasteiger partial charge in [0.15, 0.2) is 0 Å². The van der Waals surface area contributed by atoms with Gasteiger partial charge in [-0.2, -0.15) is 0 Å². The zero-order chi connectivity index (χ0) is 4.50. The summed E-state index contributed by atoms with van der Waals surface area (Å²) in [5.41, 5.74) is 0. The SMILES string of the molecule is [Ca+2].[H-].[H-].[O]=[Mn](=[O])([OH])[OH].[Pr]. The van der Waals surface area contributed by atoms with Crippen molar-refractivity contribution < 1.29 is 73.6 Å². The van der Waals surface area contributed by atoms with Crippen LogP contribution >= 0.6 is 0 Å². The van der Waals surface area contributed by atoms with Gasteiger partial charge in [-0.1, -0.05) is 0 Å². The van der Waals surface area contributed by atoms with Crippen LogP contribution in [-0.4, -0.2) is 46.1 Å². The number of rotatable bonds is 0. The van der Waals surface area contributed by atoms with Gasteiger partial charge in [0.05, 0.1) is 0 Å². The summed E-state index contributed by atoms with van der Waals surface area (Å²) in [5, 5.41) is 0. The van der Waals surface area contributed by atoms with E-state index in [2.05, 4.69) is 0 Å². The molecule has 0 aromatic carbocycles. The largest absolute Gasteiger partial charge is 0 e. The van der Waals surface area contributed by atoms with Crippen LogP contribution in [0, 0.1) is 41.3 Å². The molecule has 0 rings (SSSR count). The number of hydrogen-bond donors (Lipinski definition) is 2. The van der Waals surface area contributed by atoms with E-state index in [1.165, 1.54) is 0 Å². The Bertz CT molecular complexity index is 102. The van der Waals surface area contributed by atoms with Gasteiger partial charge < -0.3 is 2.85 Å². The molecule has 0 aromatic rings. The third kappa shape index (κ3) is 54.2. The Labute approximate surface area is 109 Å². The van der Waals surface area contributed by atoms with Crippen LogP contribution < -0.4 is 0 Å². The normalized spacial score (nSPS) is 8.29. The molecule has 0 aromatic heterocycles. The van der Waals surface area contributed by atoms with Crippen molar-refractivity contribution in [3.05, 3.63) is 0 Å². The fraction of sp³-hybridized carbons (Fsp3) is 0. The molecule has 0 amide bonds. The predicted octanol–water partition coefficient (Wildman–Crippen LogP) is -1.51. The van der Waals surface area contributed by atoms with Gasteiger partial charge in [0.25, 0.3) is 0 Å². The molecule has 0 bridgehead atoms. The van der Waals surface area contributed by atoms with E-state index in [1.807, 2.05) is 0 Å². The Morgan fingerprint density at radius 2 is 1.29 bits per heavy atom. The van der Waals surface area contributed by atoms with Gasteiger partial charge in [0, 0.05) is 41.3 Å². The predicted molar refractivity (Wildman–Crippen MR) is 13.8 cm³/mol. The van der Waals surface area contributed by atoms with E-state index in [1.54, 1.807) is 0 Å². The summed E-state index contributed by atoms with van der Waals surface area (Å²) in [6, 6.07) is 0. The Hall–Kier alpha value is 2.66. The van der Waals surface area contributed by atoms with Crippen LogP contribution in [0.3, 0.4) is 0 Å². The van der Waals surface area contributed by atoms with Gasteiger partial charge in [0.2, 0.25) is 0 Å². The molecular weight excluding hydrogens is 300 g/mol. The number of hydrogen-bond acceptors (Lipinski definition) is 2. The first-order valence-electron chi connectivity index (χ1n) is 0.647. The van der Waals surface area contributed by atoms with Crippen LogP contribution in [0.4, 0.5) is 0 Å². The molecule has 0 fully saturated rings. The first kappa shape index (κ1) is 16.3. The molecule has 7 heavy (non-hydrogen) atoms. The Morgan fingerprint density at radius 1 is 1.29 bits per heavy atom. The van der Waals surface area contributed by atoms with E-state index < -0.39 is 13.4 Å². The summed E-state index contributed by atoms with van der Waals surface area (Å²) in [7, 11) is 0. The van der Waals surface area contributed by atoms with Crippen molar-refractivity contribution in [3.8, 4) is 0 Å². The van der Waals surface area contributed by atoms with E-state index in [0.717, 1.165) is 0 Å². The van der Waals surface area contributed by atoms with E-state index in [4.69, 9.17) is 16.0 Å². The molecule has 0 unspecified atom stereocenters. The molecular formula is H4CaMnO4Pr. The molecule has 0 aliphatic heterocycles. The maximum absolute atomic E-state index is 8.80. The molecule has 0 spiro atoms. The molecule has 0 saturated carbocycles. The maximum atomic E-state index is 8.80. The summed E-state index contributed by atoms with van der Waals surface area (Å²) in [5.74, 6) is 0. The molecule has 2 N–H and O–H groups in total. The quantitative estimate of drug-likeness (QED) is 0.534. The van der Waals surface area contributed by atoms with Crippen LogP contribution in [0.25, 0.3) is 0 Å². The Balaban J connectivity index is -0.0000000133. The molecule has 40 valence electrons. The minimum absolute atomic E-state index is 0. The van der Waals surface area contributed by atoms with Crippen molar-refractivity contribution in [2.24, 2.45) is 0 Å². The second-order valence-electron chi connectivity index (χ2n) is 0.415. The van der Waals surface area contributed by atoms with Crippen LogP contribution in [0.2, 0.25) is 0 Å². The molecule has 0 aliphatic rings. The standard InChI is InChI=1S/Ca.Mn.2H2O.2O.Pr.2H/h;;2*1H2;;;;;/q2*+2;;;;;;2*-1/p-2. The van der Waals surface area contributed by atoms with Crippen molar-refractivity contribution in [1.82, 2.24) is 0 Å². The van der Waals surface area contributed by atoms with Gasteiger partial charge in [-0.15, -0.1) is 0 Å². The van der Waals surface area contributed by atoms with E-state index >= 15 is 0 Å². The fourth-order valence-corrected chi connectivity index (χ4v) is 0. The van der Waals surface area contributed by atoms with E-state index in [9.17, 15) is 0 Å². The van der Waals surface area contributed by atoms with Gasteiger partial charge in [-0.25, -0.2) is 0 Å². The molecule has 0 atom stereocenters. The first-order valence-corrected chi connectivity index (χ1v) is 2.67. The fourth-order valence-electron chi connectivity index (χ4n) is 0. The molecule has 4 nitrogen and oxygen atoms in total. The van der Waals surface area contributed by atoms with Crippen molar-refractivity contribution in [3.63, 3.8) is 0 Å². The summed E-state index contributed by atoms with van der Waals surface area (Å²) in [6.45, 7) is 0. The van der Waals surface area contributed by atoms with Crippen molar-refractivity contribution in [1.29, 1.82) is 0 Å². The zero-order valence-corrected chi connectivity index (χ0v) is 10.5. The van der Waals surface area contributed by atoms with Gasteiger partial charge >= 0.3 is 67.2 Å². The summed E-state index contributed by atoms with van der Waals surface area (Å²) in [4.78, 5) is 0. The third-order valence-corrected chi connectivity index (χ3v) is 0. The third-order valence-electron chi connectivity index (χ3n) is 0. The smallest absolute Gasteiger partial charge is 0 e. The van der Waals surface area contributed by atoms with Crippen LogP contribution in [0.15, 0.2) is 0 Å². The van der Waals surface area contributed by atoms with Crippen LogP contribution in [0.5, 0.6) is 0 Å². The van der Waals surface area contributed by atoms with E-state index in [-0.39, 0.29) is 81.9 Å². The van der Waals surface area contributed by atoms with Crippen molar-refractivity contribution in [2.75, 3.05) is 0 Å². The second-order valence-corrected chi connectivity index (χ2v) is 1.71. The average molecular weight is 304 g/mol. The minimum Gasteiger partial charge on any atom is 0 e. The molecule has 0 heterocycles. The van der Waals surface area contributed by atoms with Gasteiger partial charge in [-0.3, -0.25) is 0 Å². The van der Waals surface area contributed by atoms with E-state index in [0.29, 0.717) is 0 Å². The maximum Gasteiger partial charge on any atom is 0 e. The first-order chi connectivity index (χ1) is 2.00.